The van der Waals surface area contributed by atoms with Crippen molar-refractivity contribution in [3.63, 3.8) is 0 Å². The van der Waals surface area contributed by atoms with Gasteiger partial charge in [0.05, 0.1) is 0 Å². The van der Waals surface area contributed by atoms with Crippen molar-refractivity contribution >= 4 is 6.21 Å². The van der Waals surface area contributed by atoms with E-state index in [1.54, 1.807) is 6.21 Å². The van der Waals surface area contributed by atoms with Crippen LogP contribution in [0.5, 0.6) is 0 Å². The molecule has 0 radical (unpaired) electrons. The van der Waals surface area contributed by atoms with Crippen LogP contribution in [0.3, 0.4) is 0 Å². The molecule has 0 heterocycles. The topological polar surface area (TPSA) is 32.6 Å². The molecule has 0 saturated heterocycles. The molecule has 1 aliphatic rings. The normalized spacial score (nSPS) is 27.5. The Kier molecular flexibility index (Phi) is 2.82. The minimum atomic E-state index is 0.256. The molecule has 0 aromatic heterocycles. The predicted molar refractivity (Wildman–Crippen MR) is 51.1 cm³/mol. The van der Waals surface area contributed by atoms with Gasteiger partial charge in [0, 0.05) is 24.4 Å². The molecule has 0 aromatic carbocycles. The van der Waals surface area contributed by atoms with Gasteiger partial charge in [-0.3, -0.25) is 4.99 Å². The van der Waals surface area contributed by atoms with Gasteiger partial charge in [-0.1, -0.05) is 13.2 Å². The first-order valence-corrected chi connectivity index (χ1v) is 4.14. The van der Waals surface area contributed by atoms with Crippen LogP contribution in [0.15, 0.2) is 29.4 Å². The van der Waals surface area contributed by atoms with Crippen molar-refractivity contribution in [1.82, 2.24) is 0 Å². The van der Waals surface area contributed by atoms with Crippen molar-refractivity contribution in [2.45, 2.75) is 13.3 Å². The molecule has 1 unspecified atom stereocenters. The van der Waals surface area contributed by atoms with E-state index in [-0.39, 0.29) is 6.61 Å². The monoisotopic (exact) mass is 165 g/mol. The number of hydrogen-bond acceptors (Lipinski definition) is 2. The molecule has 0 amide bonds. The zero-order chi connectivity index (χ0) is 9.14. The number of nitrogens with zero attached hydrogens (tertiary/aromatic N) is 1. The fraction of sp³-hybridized carbons (Fsp3) is 0.500. The molecule has 2 heteroatoms. The zero-order valence-electron chi connectivity index (χ0n) is 7.45. The molecule has 0 bridgehead atoms. The summed E-state index contributed by atoms with van der Waals surface area (Å²) in [4.78, 5) is 4.15. The number of aliphatic imine (C=N–C) groups is 1. The summed E-state index contributed by atoms with van der Waals surface area (Å²) in [6.45, 7) is 9.70. The van der Waals surface area contributed by atoms with Gasteiger partial charge in [-0.15, -0.1) is 0 Å². The molecule has 1 saturated carbocycles. The maximum atomic E-state index is 8.79. The van der Waals surface area contributed by atoms with Crippen molar-refractivity contribution in [1.29, 1.82) is 0 Å². The van der Waals surface area contributed by atoms with E-state index >= 15 is 0 Å². The lowest BCUT2D eigenvalue weighted by Crippen LogP contribution is -1.90. The number of hydrogen-bond donors (Lipinski definition) is 1. The van der Waals surface area contributed by atoms with Crippen molar-refractivity contribution in [3.8, 4) is 0 Å². The first-order chi connectivity index (χ1) is 5.65. The lowest BCUT2D eigenvalue weighted by Gasteiger charge is -1.95. The average Bonchev–Trinajstić information content (AvgIpc) is 2.78. The van der Waals surface area contributed by atoms with E-state index in [1.165, 1.54) is 0 Å². The Morgan fingerprint density at radius 1 is 1.67 bits per heavy atom. The van der Waals surface area contributed by atoms with Gasteiger partial charge in [-0.25, -0.2) is 0 Å². The van der Waals surface area contributed by atoms with E-state index in [1.807, 2.05) is 6.92 Å². The molecular formula is C10H15NO. The van der Waals surface area contributed by atoms with Crippen LogP contribution in [-0.4, -0.2) is 17.9 Å². The van der Waals surface area contributed by atoms with Gasteiger partial charge in [0.25, 0.3) is 0 Å². The highest BCUT2D eigenvalue weighted by atomic mass is 16.3. The number of allylic oxidation sites excluding steroid dienone is 2. The van der Waals surface area contributed by atoms with Crippen LogP contribution >= 0.6 is 0 Å². The number of aliphatic hydroxyl groups excluding tert-OH is 1. The van der Waals surface area contributed by atoms with Gasteiger partial charge in [0.15, 0.2) is 0 Å². The summed E-state index contributed by atoms with van der Waals surface area (Å²) in [6.07, 6.45) is 2.75. The van der Waals surface area contributed by atoms with Crippen LogP contribution in [0.4, 0.5) is 0 Å². The molecule has 1 rings (SSSR count). The Morgan fingerprint density at radius 3 is 2.75 bits per heavy atom. The van der Waals surface area contributed by atoms with E-state index in [4.69, 9.17) is 5.11 Å². The standard InChI is InChI=1S/C10H15NO/c1-7(2)5-11-8(3)10-4-9(10)6-12/h5,9-10,12H,1,3-4,6H2,2H3/b11-5-/t9?,10-/m0/s1. The van der Waals surface area contributed by atoms with Crippen LogP contribution in [0, 0.1) is 11.8 Å². The van der Waals surface area contributed by atoms with Gasteiger partial charge in [0.1, 0.15) is 0 Å². The summed E-state index contributed by atoms with van der Waals surface area (Å²) in [5, 5.41) is 8.79. The maximum absolute atomic E-state index is 8.79. The van der Waals surface area contributed by atoms with Gasteiger partial charge < -0.3 is 5.11 Å². The predicted octanol–water partition coefficient (Wildman–Crippen LogP) is 1.78. The molecule has 0 spiro atoms. The van der Waals surface area contributed by atoms with Crippen molar-refractivity contribution in [2.75, 3.05) is 6.61 Å². The van der Waals surface area contributed by atoms with Crippen LogP contribution < -0.4 is 0 Å². The smallest absolute Gasteiger partial charge is 0.0465 e. The quantitative estimate of drug-likeness (QED) is 0.633. The van der Waals surface area contributed by atoms with Crippen LogP contribution in [0.25, 0.3) is 0 Å². The van der Waals surface area contributed by atoms with Gasteiger partial charge in [0.2, 0.25) is 0 Å². The van der Waals surface area contributed by atoms with Crippen LogP contribution in [0.2, 0.25) is 0 Å². The second kappa shape index (κ2) is 3.68. The molecule has 1 fully saturated rings. The summed E-state index contributed by atoms with van der Waals surface area (Å²) in [7, 11) is 0. The minimum absolute atomic E-state index is 0.256. The molecule has 12 heavy (non-hydrogen) atoms. The van der Waals surface area contributed by atoms with E-state index < -0.39 is 0 Å². The highest BCUT2D eigenvalue weighted by Gasteiger charge is 2.38. The van der Waals surface area contributed by atoms with Crippen molar-refractivity contribution in [2.24, 2.45) is 16.8 Å². The highest BCUT2D eigenvalue weighted by molar-refractivity contribution is 5.77. The molecule has 1 N–H and O–H groups in total. The zero-order valence-corrected chi connectivity index (χ0v) is 7.45. The van der Waals surface area contributed by atoms with Gasteiger partial charge in [-0.2, -0.15) is 0 Å². The maximum Gasteiger partial charge on any atom is 0.0465 e. The molecule has 2 nitrogen and oxygen atoms in total. The summed E-state index contributed by atoms with van der Waals surface area (Å²) in [6, 6.07) is 0. The number of aliphatic hydroxyl groups is 1. The Morgan fingerprint density at radius 2 is 2.33 bits per heavy atom. The Balaban J connectivity index is 2.36. The summed E-state index contributed by atoms with van der Waals surface area (Å²) >= 11 is 0. The summed E-state index contributed by atoms with van der Waals surface area (Å²) in [5.74, 6) is 0.811. The van der Waals surface area contributed by atoms with E-state index in [0.717, 1.165) is 17.7 Å². The van der Waals surface area contributed by atoms with Gasteiger partial charge >= 0.3 is 0 Å². The first kappa shape index (κ1) is 9.20. The molecule has 1 aliphatic carbocycles. The third kappa shape index (κ3) is 2.31. The lowest BCUT2D eigenvalue weighted by molar-refractivity contribution is 0.271. The molecular weight excluding hydrogens is 150 g/mol. The molecule has 0 aromatic rings. The van der Waals surface area contributed by atoms with E-state index in [0.29, 0.717) is 11.8 Å². The second-order valence-corrected chi connectivity index (χ2v) is 3.38. The van der Waals surface area contributed by atoms with Crippen molar-refractivity contribution < 1.29 is 5.11 Å². The fourth-order valence-corrected chi connectivity index (χ4v) is 1.15. The Hall–Kier alpha value is -0.890. The third-order valence-electron chi connectivity index (χ3n) is 2.04. The summed E-state index contributed by atoms with van der Waals surface area (Å²) in [5.41, 5.74) is 1.80. The molecule has 2 atom stereocenters. The Bertz CT molecular complexity index is 230. The summed E-state index contributed by atoms with van der Waals surface area (Å²) < 4.78 is 0. The molecule has 0 aliphatic heterocycles. The third-order valence-corrected chi connectivity index (χ3v) is 2.04. The number of rotatable bonds is 4. The average molecular weight is 165 g/mol. The Labute approximate surface area is 73.3 Å². The minimum Gasteiger partial charge on any atom is -0.396 e. The van der Waals surface area contributed by atoms with E-state index in [2.05, 4.69) is 18.2 Å². The lowest BCUT2D eigenvalue weighted by atomic mass is 10.2. The SMILES string of the molecule is C=C(C)/C=N\C(=C)[C@@H]1CC1CO. The van der Waals surface area contributed by atoms with Crippen molar-refractivity contribution in [3.05, 3.63) is 24.4 Å². The fourth-order valence-electron chi connectivity index (χ4n) is 1.15. The largest absolute Gasteiger partial charge is 0.396 e. The van der Waals surface area contributed by atoms with Gasteiger partial charge in [-0.05, 0) is 24.8 Å². The second-order valence-electron chi connectivity index (χ2n) is 3.38. The highest BCUT2D eigenvalue weighted by Crippen LogP contribution is 2.43. The molecule has 66 valence electrons. The van der Waals surface area contributed by atoms with Crippen LogP contribution in [0.1, 0.15) is 13.3 Å². The first-order valence-electron chi connectivity index (χ1n) is 4.14. The van der Waals surface area contributed by atoms with E-state index in [9.17, 15) is 0 Å². The van der Waals surface area contributed by atoms with Crippen LogP contribution in [-0.2, 0) is 0 Å².